The third-order valence-corrected chi connectivity index (χ3v) is 2.39. The molecule has 1 aliphatic rings. The van der Waals surface area contributed by atoms with Crippen molar-refractivity contribution in [3.63, 3.8) is 0 Å². The minimum absolute atomic E-state index is 0.105. The van der Waals surface area contributed by atoms with Crippen LogP contribution in [-0.4, -0.2) is 54.6 Å². The highest BCUT2D eigenvalue weighted by molar-refractivity contribution is 5.79. The predicted octanol–water partition coefficient (Wildman–Crippen LogP) is 1.35. The Kier molecular flexibility index (Phi) is 4.18. The molecule has 0 aromatic heterocycles. The molecule has 0 spiro atoms. The van der Waals surface area contributed by atoms with Crippen molar-refractivity contribution < 1.29 is 18.0 Å². The summed E-state index contributed by atoms with van der Waals surface area (Å²) in [5.41, 5.74) is 0. The van der Waals surface area contributed by atoms with E-state index in [1.165, 1.54) is 0 Å². The summed E-state index contributed by atoms with van der Waals surface area (Å²) in [6.07, 6.45) is -4.30. The minimum atomic E-state index is -4.30. The van der Waals surface area contributed by atoms with Gasteiger partial charge in [0.05, 0.1) is 6.54 Å². The van der Waals surface area contributed by atoms with Gasteiger partial charge in [-0.25, -0.2) is 0 Å². The van der Waals surface area contributed by atoms with Crippen LogP contribution in [0.15, 0.2) is 0 Å². The number of halogens is 3. The molecule has 1 saturated heterocycles. The van der Waals surface area contributed by atoms with Crippen LogP contribution in [0.5, 0.6) is 0 Å². The van der Waals surface area contributed by atoms with Crippen molar-refractivity contribution >= 4 is 5.91 Å². The zero-order valence-electron chi connectivity index (χ0n) is 9.55. The number of hydrogen-bond acceptors (Lipinski definition) is 2. The van der Waals surface area contributed by atoms with Gasteiger partial charge in [-0.3, -0.25) is 9.69 Å². The molecule has 6 heteroatoms. The molecule has 0 atom stereocenters. The van der Waals surface area contributed by atoms with E-state index in [2.05, 4.69) is 0 Å². The molecule has 0 aromatic carbocycles. The summed E-state index contributed by atoms with van der Waals surface area (Å²) < 4.78 is 36.3. The number of alkyl halides is 3. The fraction of sp³-hybridized carbons (Fsp3) is 0.900. The number of carbonyl (C=O) groups is 1. The van der Waals surface area contributed by atoms with Gasteiger partial charge in [-0.2, -0.15) is 13.2 Å². The molecule has 0 aliphatic carbocycles. The van der Waals surface area contributed by atoms with E-state index in [4.69, 9.17) is 0 Å². The summed E-state index contributed by atoms with van der Waals surface area (Å²) in [7, 11) is 0. The zero-order valence-corrected chi connectivity index (χ0v) is 9.55. The Morgan fingerprint density at radius 3 is 2.38 bits per heavy atom. The predicted molar refractivity (Wildman–Crippen MR) is 53.9 cm³/mol. The van der Waals surface area contributed by atoms with E-state index in [1.54, 1.807) is 0 Å². The van der Waals surface area contributed by atoms with E-state index in [0.717, 1.165) is 11.4 Å². The smallest absolute Gasteiger partial charge is 0.331 e. The van der Waals surface area contributed by atoms with Crippen LogP contribution in [-0.2, 0) is 4.79 Å². The molecule has 0 unspecified atom stereocenters. The van der Waals surface area contributed by atoms with E-state index in [1.807, 2.05) is 18.7 Å². The van der Waals surface area contributed by atoms with E-state index in [-0.39, 0.29) is 13.1 Å². The summed E-state index contributed by atoms with van der Waals surface area (Å²) in [5.74, 6) is -0.00816. The Hall–Kier alpha value is -0.780. The Morgan fingerprint density at radius 1 is 1.31 bits per heavy atom. The normalized spacial score (nSPS) is 19.6. The lowest BCUT2D eigenvalue weighted by Gasteiger charge is -2.35. The number of carbonyl (C=O) groups excluding carboxylic acids is 1. The molecule has 1 fully saturated rings. The summed E-state index contributed by atoms with van der Waals surface area (Å²) in [4.78, 5) is 14.2. The molecule has 0 N–H and O–H groups in total. The molecule has 94 valence electrons. The van der Waals surface area contributed by atoms with Crippen molar-refractivity contribution in [2.24, 2.45) is 5.92 Å². The lowest BCUT2D eigenvalue weighted by molar-refractivity contribution is -0.165. The van der Waals surface area contributed by atoms with Crippen LogP contribution in [0.1, 0.15) is 13.8 Å². The van der Waals surface area contributed by atoms with Crippen molar-refractivity contribution in [2.75, 3.05) is 32.7 Å². The third-order valence-electron chi connectivity index (χ3n) is 2.39. The first-order valence-electron chi connectivity index (χ1n) is 5.35. The van der Waals surface area contributed by atoms with Gasteiger partial charge in [0.15, 0.2) is 0 Å². The van der Waals surface area contributed by atoms with Gasteiger partial charge in [-0.05, 0) is 5.92 Å². The van der Waals surface area contributed by atoms with Crippen LogP contribution in [0.4, 0.5) is 13.2 Å². The van der Waals surface area contributed by atoms with Gasteiger partial charge in [0.25, 0.3) is 0 Å². The number of rotatable bonds is 3. The zero-order chi connectivity index (χ0) is 12.3. The maximum absolute atomic E-state index is 12.1. The highest BCUT2D eigenvalue weighted by Crippen LogP contribution is 2.18. The molecule has 0 radical (unpaired) electrons. The Morgan fingerprint density at radius 2 is 1.94 bits per heavy atom. The highest BCUT2D eigenvalue weighted by atomic mass is 19.4. The molecule has 1 amide bonds. The molecule has 0 aromatic rings. The van der Waals surface area contributed by atoms with Crippen LogP contribution in [0.2, 0.25) is 0 Å². The summed E-state index contributed by atoms with van der Waals surface area (Å²) in [5, 5.41) is 0. The topological polar surface area (TPSA) is 23.6 Å². The van der Waals surface area contributed by atoms with Gasteiger partial charge >= 0.3 is 6.18 Å². The molecule has 16 heavy (non-hydrogen) atoms. The van der Waals surface area contributed by atoms with Crippen molar-refractivity contribution in [2.45, 2.75) is 20.0 Å². The van der Waals surface area contributed by atoms with Crippen LogP contribution >= 0.6 is 0 Å². The van der Waals surface area contributed by atoms with E-state index >= 15 is 0 Å². The van der Waals surface area contributed by atoms with Gasteiger partial charge in [-0.1, -0.05) is 13.8 Å². The fourth-order valence-electron chi connectivity index (χ4n) is 1.81. The summed E-state index contributed by atoms with van der Waals surface area (Å²) >= 11 is 0. The maximum atomic E-state index is 12.1. The van der Waals surface area contributed by atoms with E-state index in [0.29, 0.717) is 12.5 Å². The lowest BCUT2D eigenvalue weighted by atomic mass is 10.2. The van der Waals surface area contributed by atoms with Crippen molar-refractivity contribution in [3.05, 3.63) is 0 Å². The molecule has 3 nitrogen and oxygen atoms in total. The first-order valence-corrected chi connectivity index (χ1v) is 5.35. The number of piperazine rings is 1. The van der Waals surface area contributed by atoms with Gasteiger partial charge in [0, 0.05) is 19.6 Å². The molecule has 1 aliphatic heterocycles. The Balaban J connectivity index is 2.43. The standard InChI is InChI=1S/C10H17F3N2O/c1-8(2)5-14-3-4-15(9(16)6-14)7-10(11,12)13/h8H,3-7H2,1-2H3. The summed E-state index contributed by atoms with van der Waals surface area (Å²) in [6.45, 7) is 4.48. The molecular weight excluding hydrogens is 221 g/mol. The van der Waals surface area contributed by atoms with Crippen molar-refractivity contribution in [3.8, 4) is 0 Å². The average molecular weight is 238 g/mol. The minimum Gasteiger partial charge on any atom is -0.331 e. The molecule has 0 saturated carbocycles. The first-order chi connectivity index (χ1) is 7.28. The number of nitrogens with zero attached hydrogens (tertiary/aromatic N) is 2. The lowest BCUT2D eigenvalue weighted by Crippen LogP contribution is -2.53. The second-order valence-electron chi connectivity index (χ2n) is 4.56. The second kappa shape index (κ2) is 5.03. The largest absolute Gasteiger partial charge is 0.406 e. The molecule has 1 heterocycles. The van der Waals surface area contributed by atoms with E-state index < -0.39 is 18.6 Å². The SMILES string of the molecule is CC(C)CN1CCN(CC(F)(F)F)C(=O)C1. The van der Waals surface area contributed by atoms with Gasteiger partial charge in [-0.15, -0.1) is 0 Å². The third kappa shape index (κ3) is 4.38. The quantitative estimate of drug-likeness (QED) is 0.741. The van der Waals surface area contributed by atoms with Crippen molar-refractivity contribution in [1.82, 2.24) is 9.80 Å². The molecule has 1 rings (SSSR count). The van der Waals surface area contributed by atoms with Crippen LogP contribution < -0.4 is 0 Å². The van der Waals surface area contributed by atoms with Gasteiger partial charge in [0.1, 0.15) is 6.54 Å². The van der Waals surface area contributed by atoms with Gasteiger partial charge in [0.2, 0.25) is 5.91 Å². The second-order valence-corrected chi connectivity index (χ2v) is 4.56. The number of hydrogen-bond donors (Lipinski definition) is 0. The Bertz CT molecular complexity index is 253. The first kappa shape index (κ1) is 13.3. The summed E-state index contributed by atoms with van der Waals surface area (Å²) in [6, 6.07) is 0. The molecule has 0 bridgehead atoms. The molecular formula is C10H17F3N2O. The average Bonchev–Trinajstić information content (AvgIpc) is 2.06. The van der Waals surface area contributed by atoms with Crippen LogP contribution in [0, 0.1) is 5.92 Å². The fourth-order valence-corrected chi connectivity index (χ4v) is 1.81. The monoisotopic (exact) mass is 238 g/mol. The Labute approximate surface area is 93.2 Å². The van der Waals surface area contributed by atoms with Crippen LogP contribution in [0.3, 0.4) is 0 Å². The van der Waals surface area contributed by atoms with Crippen LogP contribution in [0.25, 0.3) is 0 Å². The maximum Gasteiger partial charge on any atom is 0.406 e. The van der Waals surface area contributed by atoms with Gasteiger partial charge < -0.3 is 4.90 Å². The number of amides is 1. The highest BCUT2D eigenvalue weighted by Gasteiger charge is 2.35. The van der Waals surface area contributed by atoms with E-state index in [9.17, 15) is 18.0 Å². The van der Waals surface area contributed by atoms with Crippen molar-refractivity contribution in [1.29, 1.82) is 0 Å².